The molecule has 3 aliphatic carbocycles. The van der Waals surface area contributed by atoms with Gasteiger partial charge in [0.2, 0.25) is 11.8 Å². The van der Waals surface area contributed by atoms with E-state index in [2.05, 4.69) is 45.0 Å². The average molecular weight is 878 g/mol. The number of rotatable bonds is 8. The quantitative estimate of drug-likeness (QED) is 0.155. The maximum absolute atomic E-state index is 13.8. The molecule has 0 bridgehead atoms. The number of ether oxygens (including phenoxy) is 1. The van der Waals surface area contributed by atoms with Crippen molar-refractivity contribution in [3.63, 3.8) is 0 Å². The molecule has 59 heavy (non-hydrogen) atoms. The number of methoxy groups -OCH3 is 1. The molecule has 4 heterocycles. The number of carbonyl (C=O) groups excluding carboxylic acids is 3. The molecule has 3 amide bonds. The van der Waals surface area contributed by atoms with Crippen LogP contribution in [0.3, 0.4) is 0 Å². The van der Waals surface area contributed by atoms with E-state index in [1.165, 1.54) is 39.2 Å². The van der Waals surface area contributed by atoms with Crippen LogP contribution in [-0.4, -0.2) is 73.9 Å². The number of hydrogen-bond acceptors (Lipinski definition) is 6. The Morgan fingerprint density at radius 2 is 1.41 bits per heavy atom. The van der Waals surface area contributed by atoms with Gasteiger partial charge in [0.25, 0.3) is 0 Å². The summed E-state index contributed by atoms with van der Waals surface area (Å²) < 4.78 is 4.81. The molecule has 2 aliphatic heterocycles. The lowest BCUT2D eigenvalue weighted by molar-refractivity contribution is -0.139. The maximum Gasteiger partial charge on any atom is 0.407 e. The van der Waals surface area contributed by atoms with E-state index < -0.39 is 12.1 Å². The second-order valence-corrected chi connectivity index (χ2v) is 17.6. The molecule has 318 valence electrons. The van der Waals surface area contributed by atoms with Gasteiger partial charge >= 0.3 is 6.09 Å². The van der Waals surface area contributed by atoms with Gasteiger partial charge in [-0.1, -0.05) is 51.2 Å². The highest BCUT2D eigenvalue weighted by Crippen LogP contribution is 2.59. The first-order chi connectivity index (χ1) is 26.5. The highest BCUT2D eigenvalue weighted by Gasteiger charge is 2.56. The normalized spacial score (nSPS) is 21.5. The van der Waals surface area contributed by atoms with Crippen molar-refractivity contribution >= 4 is 82.9 Å². The van der Waals surface area contributed by atoms with Crippen LogP contribution in [0.4, 0.5) is 4.79 Å². The van der Waals surface area contributed by atoms with Gasteiger partial charge in [-0.3, -0.25) is 9.59 Å². The Morgan fingerprint density at radius 3 is 1.98 bits per heavy atom. The molecular weight excluding hydrogens is 819 g/mol. The van der Waals surface area contributed by atoms with Crippen LogP contribution in [0.15, 0.2) is 48.7 Å². The first-order valence-corrected chi connectivity index (χ1v) is 20.2. The lowest BCUT2D eigenvalue weighted by Gasteiger charge is -2.34. The highest BCUT2D eigenvalue weighted by molar-refractivity contribution is 7.59. The summed E-state index contributed by atoms with van der Waals surface area (Å²) in [6.07, 6.45) is 11.3. The summed E-state index contributed by atoms with van der Waals surface area (Å²) in [5, 5.41) is 2.75. The maximum atomic E-state index is 13.8. The van der Waals surface area contributed by atoms with E-state index >= 15 is 0 Å². The average Bonchev–Trinajstić information content (AvgIpc) is 3.78. The number of nitrogens with zero attached hydrogens (tertiary/aromatic N) is 4. The van der Waals surface area contributed by atoms with Gasteiger partial charge in [-0.2, -0.15) is 54.0 Å². The van der Waals surface area contributed by atoms with Crippen LogP contribution >= 0.6 is 54.0 Å². The molecular formula is C44H59N7O4S4. The first-order valence-electron chi connectivity index (χ1n) is 20.2. The Kier molecular flexibility index (Phi) is 14.2. The predicted molar refractivity (Wildman–Crippen MR) is 250 cm³/mol. The Hall–Kier alpha value is -3.71. The van der Waals surface area contributed by atoms with Crippen LogP contribution in [0.2, 0.25) is 0 Å². The van der Waals surface area contributed by atoms with Gasteiger partial charge in [-0.05, 0) is 110 Å². The van der Waals surface area contributed by atoms with Crippen LogP contribution in [0.5, 0.6) is 0 Å². The van der Waals surface area contributed by atoms with Crippen molar-refractivity contribution in [1.82, 2.24) is 35.1 Å². The van der Waals surface area contributed by atoms with E-state index in [4.69, 9.17) is 14.7 Å². The summed E-state index contributed by atoms with van der Waals surface area (Å²) in [5.74, 6) is 9.02. The number of amides is 3. The molecule has 0 unspecified atom stereocenters. The summed E-state index contributed by atoms with van der Waals surface area (Å²) in [6.45, 7) is 7.51. The Labute approximate surface area is 375 Å². The van der Waals surface area contributed by atoms with Crippen molar-refractivity contribution in [3.8, 4) is 23.1 Å². The van der Waals surface area contributed by atoms with Gasteiger partial charge in [-0.25, -0.2) is 14.8 Å². The lowest BCUT2D eigenvalue weighted by Crippen LogP contribution is -2.51. The number of fused-ring (bicyclic) bond motifs is 1. The minimum atomic E-state index is -0.675. The number of benzene rings is 2. The summed E-state index contributed by atoms with van der Waals surface area (Å²) in [4.78, 5) is 60.5. The molecule has 0 radical (unpaired) electrons. The minimum absolute atomic E-state index is 0. The molecule has 15 heteroatoms. The fourth-order valence-corrected chi connectivity index (χ4v) is 9.22. The molecule has 11 nitrogen and oxygen atoms in total. The third-order valence-electron chi connectivity index (χ3n) is 13.4. The number of imidazole rings is 2. The van der Waals surface area contributed by atoms with E-state index in [0.717, 1.165) is 77.3 Å². The second kappa shape index (κ2) is 18.1. The van der Waals surface area contributed by atoms with Crippen molar-refractivity contribution in [2.75, 3.05) is 20.2 Å². The monoisotopic (exact) mass is 877 g/mol. The largest absolute Gasteiger partial charge is 0.453 e. The number of alkyl carbamates (subject to hydrolysis) is 1. The molecule has 4 atom stereocenters. The van der Waals surface area contributed by atoms with Gasteiger partial charge in [0, 0.05) is 30.1 Å². The van der Waals surface area contributed by atoms with Crippen LogP contribution in [-0.2, 0) is 14.3 Å². The lowest BCUT2D eigenvalue weighted by atomic mass is 9.76. The van der Waals surface area contributed by atoms with E-state index in [1.54, 1.807) is 0 Å². The number of H-pyrrole nitrogens is 2. The molecule has 9 rings (SSSR count). The number of aromatic amines is 2. The standard InChI is InChI=1S/C44H51N7O4.4H2S/c1-26(2)37(49-42(54)55-4)41(53)51-25-43(16-17-43)21-35(51)38-45-23-34(48-38)31-13-10-28(11-14-31)8-9-29-12-15-32-33(20-29)47-39(46-32)36-22-44(18-19-44)24-50(36)40(52)27(3)30-6-5-7-30;;;;/h10-15,20,23,26-27,30,35-37H,5-7,16-19,21-22,24-25H2,1-4H3,(H,45,48)(H,46,47)(H,49,54);4*1H2/t27-,35-,36-,37-;;;;/m0..../s1. The fourth-order valence-electron chi connectivity index (χ4n) is 9.22. The number of carbonyl (C=O) groups is 3. The van der Waals surface area contributed by atoms with Crippen LogP contribution in [0.25, 0.3) is 22.3 Å². The zero-order chi connectivity index (χ0) is 38.1. The van der Waals surface area contributed by atoms with Crippen molar-refractivity contribution in [2.24, 2.45) is 28.6 Å². The van der Waals surface area contributed by atoms with Gasteiger partial charge in [0.15, 0.2) is 0 Å². The number of nitrogens with one attached hydrogen (secondary N) is 3. The van der Waals surface area contributed by atoms with Crippen molar-refractivity contribution in [3.05, 3.63) is 71.4 Å². The van der Waals surface area contributed by atoms with Gasteiger partial charge in [-0.15, -0.1) is 0 Å². The Balaban J connectivity index is 0.00000165. The Bertz CT molecular complexity index is 2220. The summed E-state index contributed by atoms with van der Waals surface area (Å²) in [6, 6.07) is 13.3. The molecule has 2 spiro atoms. The molecule has 3 saturated carbocycles. The molecule has 4 aromatic rings. The topological polar surface area (TPSA) is 136 Å². The van der Waals surface area contributed by atoms with Gasteiger partial charge in [0.05, 0.1) is 42.1 Å². The predicted octanol–water partition coefficient (Wildman–Crippen LogP) is 7.73. The van der Waals surface area contributed by atoms with E-state index in [9.17, 15) is 14.4 Å². The van der Waals surface area contributed by atoms with E-state index in [1.807, 2.05) is 61.3 Å². The molecule has 2 saturated heterocycles. The van der Waals surface area contributed by atoms with E-state index in [0.29, 0.717) is 18.4 Å². The number of aromatic nitrogens is 4. The molecule has 5 fully saturated rings. The van der Waals surface area contributed by atoms with Gasteiger partial charge < -0.3 is 29.8 Å². The van der Waals surface area contributed by atoms with E-state index in [-0.39, 0.29) is 94.6 Å². The third-order valence-corrected chi connectivity index (χ3v) is 13.4. The first kappa shape index (κ1) is 46.4. The summed E-state index contributed by atoms with van der Waals surface area (Å²) in [5.41, 5.74) is 5.90. The molecule has 3 N–H and O–H groups in total. The Morgan fingerprint density at radius 1 is 0.814 bits per heavy atom. The van der Waals surface area contributed by atoms with Crippen molar-refractivity contribution in [2.45, 2.75) is 96.7 Å². The zero-order valence-corrected chi connectivity index (χ0v) is 38.3. The molecule has 2 aromatic heterocycles. The summed E-state index contributed by atoms with van der Waals surface area (Å²) >= 11 is 0. The SMILES string of the molecule is COC(=O)N[C@H](C(=O)N1CC2(CC2)C[C@H]1c1ncc(-c2ccc(C#Cc3ccc4nc([C@@H]5CC6(CC6)CN5C(=O)[C@@H](C)C5CCC5)[nH]c4c3)cc2)[nH]1)C(C)C.S.S.S.S. The number of hydrogen-bond donors (Lipinski definition) is 3. The van der Waals surface area contributed by atoms with Crippen molar-refractivity contribution < 1.29 is 19.1 Å². The fraction of sp³-hybridized carbons (Fsp3) is 0.523. The molecule has 5 aliphatic rings. The highest BCUT2D eigenvalue weighted by atomic mass is 32.1. The number of likely N-dealkylation sites (tertiary alicyclic amines) is 2. The molecule has 2 aromatic carbocycles. The smallest absolute Gasteiger partial charge is 0.407 e. The zero-order valence-electron chi connectivity index (χ0n) is 34.3. The van der Waals surface area contributed by atoms with Gasteiger partial charge in [0.1, 0.15) is 17.7 Å². The summed E-state index contributed by atoms with van der Waals surface area (Å²) in [7, 11) is 1.31. The third kappa shape index (κ3) is 9.16. The second-order valence-electron chi connectivity index (χ2n) is 17.6. The van der Waals surface area contributed by atoms with Crippen LogP contribution < -0.4 is 5.32 Å². The van der Waals surface area contributed by atoms with Crippen LogP contribution in [0, 0.1) is 40.4 Å². The van der Waals surface area contributed by atoms with Crippen molar-refractivity contribution in [1.29, 1.82) is 0 Å². The minimum Gasteiger partial charge on any atom is -0.453 e. The van der Waals surface area contributed by atoms with Crippen LogP contribution in [0.1, 0.15) is 113 Å².